The largest absolute Gasteiger partial charge is 0.462 e. The van der Waals surface area contributed by atoms with E-state index in [0.29, 0.717) is 19.3 Å². The predicted molar refractivity (Wildman–Crippen MR) is 358 cm³/mol. The molecule has 0 aliphatic carbocycles. The minimum absolute atomic E-state index is 0.0676. The van der Waals surface area contributed by atoms with Crippen LogP contribution in [-0.4, -0.2) is 37.2 Å². The van der Waals surface area contributed by atoms with Crippen LogP contribution in [0.5, 0.6) is 0 Å². The first kappa shape index (κ1) is 79.9. The van der Waals surface area contributed by atoms with E-state index in [2.05, 4.69) is 45.1 Å². The second-order valence-electron chi connectivity index (χ2n) is 25.6. The van der Waals surface area contributed by atoms with E-state index in [4.69, 9.17) is 14.2 Å². The molecule has 0 amide bonds. The molecule has 0 aromatic carbocycles. The molecule has 0 spiro atoms. The first-order valence-electron chi connectivity index (χ1n) is 37.3. The van der Waals surface area contributed by atoms with Crippen LogP contribution in [0.3, 0.4) is 0 Å². The molecule has 0 heterocycles. The predicted octanol–water partition coefficient (Wildman–Crippen LogP) is 25.7. The Hall–Kier alpha value is -2.11. The Labute approximate surface area is 513 Å². The van der Waals surface area contributed by atoms with Crippen LogP contribution in [-0.2, 0) is 28.6 Å². The van der Waals surface area contributed by atoms with Crippen molar-refractivity contribution in [3.63, 3.8) is 0 Å². The Kier molecular flexibility index (Phi) is 69.5. The molecule has 0 saturated carbocycles. The van der Waals surface area contributed by atoms with E-state index < -0.39 is 6.10 Å². The highest BCUT2D eigenvalue weighted by Gasteiger charge is 2.20. The minimum Gasteiger partial charge on any atom is -0.462 e. The second kappa shape index (κ2) is 71.4. The van der Waals surface area contributed by atoms with Gasteiger partial charge in [-0.15, -0.1) is 0 Å². The van der Waals surface area contributed by atoms with Gasteiger partial charge in [-0.25, -0.2) is 0 Å². The molecule has 0 N–H and O–H groups in total. The maximum Gasteiger partial charge on any atom is 0.306 e. The van der Waals surface area contributed by atoms with E-state index in [-0.39, 0.29) is 31.1 Å². The smallest absolute Gasteiger partial charge is 0.306 e. The van der Waals surface area contributed by atoms with Gasteiger partial charge in [0, 0.05) is 19.3 Å². The van der Waals surface area contributed by atoms with E-state index >= 15 is 0 Å². The number of carbonyl (C=O) groups is 3. The standard InChI is InChI=1S/C76H144O6/c1-4-7-10-13-16-19-22-25-28-31-34-36-37-38-39-41-42-45-48-51-54-57-60-63-66-69-75(78)81-72-73(71-80-74(77)68-65-62-59-56-53-50-47-44-33-30-27-24-21-18-15-12-9-6-3)82-76(79)70-67-64-61-58-55-52-49-46-43-40-35-32-29-26-23-20-17-14-11-8-5-2/h30,32-33,35,73H,4-29,31,34,36-72H2,1-3H3/b33-30-,35-32-. The number of hydrogen-bond acceptors (Lipinski definition) is 6. The second-order valence-corrected chi connectivity index (χ2v) is 25.6. The molecular formula is C76H144O6. The molecule has 0 saturated heterocycles. The molecule has 0 aromatic rings. The molecule has 0 fully saturated rings. The first-order valence-corrected chi connectivity index (χ1v) is 37.3. The van der Waals surface area contributed by atoms with Crippen molar-refractivity contribution >= 4 is 17.9 Å². The molecule has 0 aliphatic rings. The van der Waals surface area contributed by atoms with Gasteiger partial charge in [-0.05, 0) is 70.6 Å². The molecule has 1 atom stereocenters. The van der Waals surface area contributed by atoms with Gasteiger partial charge in [0.25, 0.3) is 0 Å². The van der Waals surface area contributed by atoms with Crippen LogP contribution in [0, 0.1) is 0 Å². The van der Waals surface area contributed by atoms with Crippen molar-refractivity contribution in [2.75, 3.05) is 13.2 Å². The van der Waals surface area contributed by atoms with Crippen molar-refractivity contribution < 1.29 is 28.6 Å². The lowest BCUT2D eigenvalue weighted by Crippen LogP contribution is -2.30. The summed E-state index contributed by atoms with van der Waals surface area (Å²) in [5, 5.41) is 0. The Balaban J connectivity index is 4.28. The minimum atomic E-state index is -0.773. The Morgan fingerprint density at radius 2 is 0.402 bits per heavy atom. The Morgan fingerprint density at radius 3 is 0.610 bits per heavy atom. The summed E-state index contributed by atoms with van der Waals surface area (Å²) in [7, 11) is 0. The lowest BCUT2D eigenvalue weighted by Gasteiger charge is -2.18. The molecule has 1 unspecified atom stereocenters. The summed E-state index contributed by atoms with van der Waals surface area (Å²) >= 11 is 0. The van der Waals surface area contributed by atoms with Crippen LogP contribution in [0.15, 0.2) is 24.3 Å². The van der Waals surface area contributed by atoms with Gasteiger partial charge in [-0.1, -0.05) is 360 Å². The summed E-state index contributed by atoms with van der Waals surface area (Å²) in [6.07, 6.45) is 87.9. The average Bonchev–Trinajstić information content (AvgIpc) is 3.47. The monoisotopic (exact) mass is 1150 g/mol. The van der Waals surface area contributed by atoms with Crippen molar-refractivity contribution in [3.05, 3.63) is 24.3 Å². The zero-order valence-corrected chi connectivity index (χ0v) is 55.8. The molecule has 0 rings (SSSR count). The highest BCUT2D eigenvalue weighted by molar-refractivity contribution is 5.71. The lowest BCUT2D eigenvalue weighted by atomic mass is 10.0. The summed E-state index contributed by atoms with van der Waals surface area (Å²) < 4.78 is 17.0. The van der Waals surface area contributed by atoms with E-state index in [1.807, 2.05) is 0 Å². The van der Waals surface area contributed by atoms with Crippen LogP contribution < -0.4 is 0 Å². The van der Waals surface area contributed by atoms with Gasteiger partial charge in [0.15, 0.2) is 6.10 Å². The van der Waals surface area contributed by atoms with Crippen molar-refractivity contribution in [2.45, 2.75) is 431 Å². The average molecular weight is 1150 g/mol. The Morgan fingerprint density at radius 1 is 0.232 bits per heavy atom. The maximum absolute atomic E-state index is 13.0. The topological polar surface area (TPSA) is 78.9 Å². The molecule has 6 nitrogen and oxygen atoms in total. The molecular weight excluding hydrogens is 1010 g/mol. The van der Waals surface area contributed by atoms with Crippen LogP contribution in [0.2, 0.25) is 0 Å². The number of hydrogen-bond donors (Lipinski definition) is 0. The fourth-order valence-electron chi connectivity index (χ4n) is 11.6. The van der Waals surface area contributed by atoms with E-state index in [1.54, 1.807) is 0 Å². The normalized spacial score (nSPS) is 12.1. The van der Waals surface area contributed by atoms with Crippen LogP contribution in [0.1, 0.15) is 425 Å². The summed E-state index contributed by atoms with van der Waals surface area (Å²) in [6, 6.07) is 0. The molecule has 6 heteroatoms. The van der Waals surface area contributed by atoms with Gasteiger partial charge in [0.2, 0.25) is 0 Å². The lowest BCUT2D eigenvalue weighted by molar-refractivity contribution is -0.167. The molecule has 0 radical (unpaired) electrons. The number of allylic oxidation sites excluding steroid dienone is 4. The van der Waals surface area contributed by atoms with Gasteiger partial charge in [0.1, 0.15) is 13.2 Å². The van der Waals surface area contributed by atoms with E-state index in [0.717, 1.165) is 57.8 Å². The molecule has 0 aliphatic heterocycles. The van der Waals surface area contributed by atoms with E-state index in [1.165, 1.54) is 327 Å². The summed E-state index contributed by atoms with van der Waals surface area (Å²) in [6.45, 7) is 6.73. The zero-order chi connectivity index (χ0) is 59.2. The third-order valence-corrected chi connectivity index (χ3v) is 17.2. The fraction of sp³-hybridized carbons (Fsp3) is 0.908. The van der Waals surface area contributed by atoms with Crippen LogP contribution >= 0.6 is 0 Å². The van der Waals surface area contributed by atoms with Gasteiger partial charge >= 0.3 is 17.9 Å². The highest BCUT2D eigenvalue weighted by Crippen LogP contribution is 2.19. The van der Waals surface area contributed by atoms with Crippen molar-refractivity contribution in [3.8, 4) is 0 Å². The fourth-order valence-corrected chi connectivity index (χ4v) is 11.6. The number of esters is 3. The summed E-state index contributed by atoms with van der Waals surface area (Å²) in [5.41, 5.74) is 0. The maximum atomic E-state index is 13.0. The molecule has 82 heavy (non-hydrogen) atoms. The third-order valence-electron chi connectivity index (χ3n) is 17.2. The number of unbranched alkanes of at least 4 members (excludes halogenated alkanes) is 55. The molecule has 484 valence electrons. The zero-order valence-electron chi connectivity index (χ0n) is 55.8. The van der Waals surface area contributed by atoms with E-state index in [9.17, 15) is 14.4 Å². The summed E-state index contributed by atoms with van der Waals surface area (Å²) in [4.78, 5) is 38.5. The van der Waals surface area contributed by atoms with Gasteiger partial charge in [-0.2, -0.15) is 0 Å². The van der Waals surface area contributed by atoms with Gasteiger partial charge in [0.05, 0.1) is 0 Å². The van der Waals surface area contributed by atoms with Gasteiger partial charge < -0.3 is 14.2 Å². The SMILES string of the molecule is CCCCCCCCC/C=C\CCCCCCCCCC(=O)OCC(COC(=O)CCCCCCCCCCCCCCCCCCCCCCCCCCC)OC(=O)CCCCCCCCCCC/C=C\CCCCCCCCCC. The van der Waals surface area contributed by atoms with Crippen LogP contribution in [0.25, 0.3) is 0 Å². The Bertz CT molecular complexity index is 1320. The number of rotatable bonds is 70. The highest BCUT2D eigenvalue weighted by atomic mass is 16.6. The third kappa shape index (κ3) is 68.7. The molecule has 0 aromatic heterocycles. The number of ether oxygens (including phenoxy) is 3. The van der Waals surface area contributed by atoms with Crippen LogP contribution in [0.4, 0.5) is 0 Å². The first-order chi connectivity index (χ1) is 40.5. The quantitative estimate of drug-likeness (QED) is 0.0261. The van der Waals surface area contributed by atoms with Crippen molar-refractivity contribution in [1.29, 1.82) is 0 Å². The van der Waals surface area contributed by atoms with Crippen molar-refractivity contribution in [2.24, 2.45) is 0 Å². The molecule has 0 bridgehead atoms. The van der Waals surface area contributed by atoms with Crippen molar-refractivity contribution in [1.82, 2.24) is 0 Å². The summed E-state index contributed by atoms with van der Waals surface area (Å²) in [5.74, 6) is -0.839. The van der Waals surface area contributed by atoms with Gasteiger partial charge in [-0.3, -0.25) is 14.4 Å². The number of carbonyl (C=O) groups excluding carboxylic acids is 3.